The number of amides is 1. The Bertz CT molecular complexity index is 906. The molecule has 0 atom stereocenters. The van der Waals surface area contributed by atoms with E-state index in [1.54, 1.807) is 43.5 Å². The van der Waals surface area contributed by atoms with Crippen molar-refractivity contribution in [3.8, 4) is 23.0 Å². The lowest BCUT2D eigenvalue weighted by Crippen LogP contribution is -2.12. The zero-order valence-electron chi connectivity index (χ0n) is 16.0. The van der Waals surface area contributed by atoms with E-state index in [4.69, 9.17) is 13.9 Å². The molecule has 0 bridgehead atoms. The Morgan fingerprint density at radius 2 is 1.86 bits per heavy atom. The van der Waals surface area contributed by atoms with Crippen molar-refractivity contribution in [1.82, 2.24) is 10.2 Å². The highest BCUT2D eigenvalue weighted by molar-refractivity contribution is 6.03. The lowest BCUT2D eigenvalue weighted by Gasteiger charge is -2.06. The van der Waals surface area contributed by atoms with Gasteiger partial charge in [-0.2, -0.15) is 0 Å². The van der Waals surface area contributed by atoms with Crippen LogP contribution in [0, 0.1) is 0 Å². The van der Waals surface area contributed by atoms with Crippen LogP contribution in [0.15, 0.2) is 52.9 Å². The zero-order chi connectivity index (χ0) is 19.8. The summed E-state index contributed by atoms with van der Waals surface area (Å²) in [6.45, 7) is 2.82. The van der Waals surface area contributed by atoms with Crippen LogP contribution >= 0.6 is 0 Å². The summed E-state index contributed by atoms with van der Waals surface area (Å²) in [5.74, 6) is 1.28. The van der Waals surface area contributed by atoms with Crippen molar-refractivity contribution in [2.45, 2.75) is 26.2 Å². The number of methoxy groups -OCH3 is 1. The molecule has 3 aromatic rings. The van der Waals surface area contributed by atoms with Gasteiger partial charge in [0, 0.05) is 5.56 Å². The summed E-state index contributed by atoms with van der Waals surface area (Å²) in [4.78, 5) is 12.4. The van der Waals surface area contributed by atoms with Gasteiger partial charge >= 0.3 is 6.01 Å². The van der Waals surface area contributed by atoms with Crippen molar-refractivity contribution in [2.75, 3.05) is 19.0 Å². The van der Waals surface area contributed by atoms with Gasteiger partial charge in [-0.05, 0) is 42.8 Å². The van der Waals surface area contributed by atoms with E-state index in [1.165, 1.54) is 0 Å². The molecule has 3 rings (SSSR count). The van der Waals surface area contributed by atoms with Crippen LogP contribution in [0.4, 0.5) is 6.01 Å². The van der Waals surface area contributed by atoms with Crippen LogP contribution in [0.5, 0.6) is 11.5 Å². The van der Waals surface area contributed by atoms with Crippen LogP contribution in [0.3, 0.4) is 0 Å². The third-order valence-electron chi connectivity index (χ3n) is 4.12. The van der Waals surface area contributed by atoms with E-state index in [1.807, 2.05) is 12.1 Å². The molecular weight excluding hydrogens is 358 g/mol. The molecule has 7 heteroatoms. The lowest BCUT2D eigenvalue weighted by atomic mass is 10.2. The van der Waals surface area contributed by atoms with Gasteiger partial charge in [0.1, 0.15) is 11.5 Å². The summed E-state index contributed by atoms with van der Waals surface area (Å²) in [6.07, 6.45) is 3.31. The fourth-order valence-electron chi connectivity index (χ4n) is 2.62. The minimum atomic E-state index is -0.340. The molecule has 0 aliphatic heterocycles. The van der Waals surface area contributed by atoms with E-state index in [0.717, 1.165) is 25.0 Å². The Labute approximate surface area is 163 Å². The molecule has 0 unspecified atom stereocenters. The molecule has 7 nitrogen and oxygen atoms in total. The number of carbonyl (C=O) groups excluding carboxylic acids is 1. The van der Waals surface area contributed by atoms with E-state index in [9.17, 15) is 4.79 Å². The first-order valence-electron chi connectivity index (χ1n) is 9.22. The third-order valence-corrected chi connectivity index (χ3v) is 4.12. The molecule has 0 spiro atoms. The Balaban J connectivity index is 1.61. The number of nitrogens with one attached hydrogen (secondary N) is 1. The standard InChI is InChI=1S/C21H23N3O4/c1-3-4-7-14-27-16-12-10-15(11-13-16)19(25)22-21-24-23-20(28-21)17-8-5-6-9-18(17)26-2/h5-6,8-13H,3-4,7,14H2,1-2H3,(H,22,24,25). The number of ether oxygens (including phenoxy) is 2. The van der Waals surface area contributed by atoms with E-state index >= 15 is 0 Å². The average Bonchev–Trinajstić information content (AvgIpc) is 3.20. The summed E-state index contributed by atoms with van der Waals surface area (Å²) in [7, 11) is 1.56. The number of aromatic nitrogens is 2. The number of rotatable bonds is 9. The molecule has 0 saturated carbocycles. The van der Waals surface area contributed by atoms with Gasteiger partial charge in [0.05, 0.1) is 19.3 Å². The minimum Gasteiger partial charge on any atom is -0.496 e. The number of nitrogens with zero attached hydrogens (tertiary/aromatic N) is 2. The van der Waals surface area contributed by atoms with Crippen LogP contribution in [0.25, 0.3) is 11.5 Å². The Morgan fingerprint density at radius 1 is 1.07 bits per heavy atom. The van der Waals surface area contributed by atoms with Gasteiger partial charge < -0.3 is 13.9 Å². The molecule has 0 radical (unpaired) electrons. The van der Waals surface area contributed by atoms with Gasteiger partial charge in [0.25, 0.3) is 11.8 Å². The molecule has 146 valence electrons. The summed E-state index contributed by atoms with van der Waals surface area (Å²) in [5.41, 5.74) is 1.13. The summed E-state index contributed by atoms with van der Waals surface area (Å²) in [5, 5.41) is 10.5. The molecule has 0 fully saturated rings. The first-order valence-corrected chi connectivity index (χ1v) is 9.22. The van der Waals surface area contributed by atoms with Gasteiger partial charge in [-0.1, -0.05) is 37.0 Å². The number of carbonyl (C=O) groups is 1. The molecule has 2 aromatic carbocycles. The maximum absolute atomic E-state index is 12.4. The monoisotopic (exact) mass is 381 g/mol. The SMILES string of the molecule is CCCCCOc1ccc(C(=O)Nc2nnc(-c3ccccc3OC)o2)cc1. The largest absolute Gasteiger partial charge is 0.496 e. The molecule has 1 amide bonds. The first kappa shape index (κ1) is 19.4. The highest BCUT2D eigenvalue weighted by Crippen LogP contribution is 2.29. The number of anilines is 1. The number of unbranched alkanes of at least 4 members (excludes halogenated alkanes) is 2. The van der Waals surface area contributed by atoms with Gasteiger partial charge in [-0.15, -0.1) is 5.10 Å². The van der Waals surface area contributed by atoms with Crippen molar-refractivity contribution in [3.63, 3.8) is 0 Å². The summed E-state index contributed by atoms with van der Waals surface area (Å²) in [6, 6.07) is 14.2. The summed E-state index contributed by atoms with van der Waals surface area (Å²) < 4.78 is 16.5. The fourth-order valence-corrected chi connectivity index (χ4v) is 2.62. The second-order valence-corrected chi connectivity index (χ2v) is 6.15. The fraction of sp³-hybridized carbons (Fsp3) is 0.286. The molecule has 1 heterocycles. The maximum Gasteiger partial charge on any atom is 0.322 e. The van der Waals surface area contributed by atoms with Gasteiger partial charge in [0.15, 0.2) is 0 Å². The van der Waals surface area contributed by atoms with Crippen molar-refractivity contribution in [3.05, 3.63) is 54.1 Å². The van der Waals surface area contributed by atoms with Crippen molar-refractivity contribution in [1.29, 1.82) is 0 Å². The number of hydrogen-bond acceptors (Lipinski definition) is 6. The molecular formula is C21H23N3O4. The number of hydrogen-bond donors (Lipinski definition) is 1. The van der Waals surface area contributed by atoms with E-state index in [-0.39, 0.29) is 17.8 Å². The molecule has 0 aliphatic rings. The van der Waals surface area contributed by atoms with E-state index in [2.05, 4.69) is 22.4 Å². The van der Waals surface area contributed by atoms with Crippen molar-refractivity contribution in [2.24, 2.45) is 0 Å². The molecule has 1 N–H and O–H groups in total. The highest BCUT2D eigenvalue weighted by atomic mass is 16.5. The second-order valence-electron chi connectivity index (χ2n) is 6.15. The van der Waals surface area contributed by atoms with Crippen LogP contribution in [0.1, 0.15) is 36.5 Å². The van der Waals surface area contributed by atoms with Crippen LogP contribution in [-0.2, 0) is 0 Å². The van der Waals surface area contributed by atoms with Crippen molar-refractivity contribution < 1.29 is 18.7 Å². The maximum atomic E-state index is 12.4. The normalized spacial score (nSPS) is 10.5. The van der Waals surface area contributed by atoms with Crippen LogP contribution < -0.4 is 14.8 Å². The lowest BCUT2D eigenvalue weighted by molar-refractivity contribution is 0.102. The van der Waals surface area contributed by atoms with Crippen molar-refractivity contribution >= 4 is 11.9 Å². The Kier molecular flexibility index (Phi) is 6.62. The van der Waals surface area contributed by atoms with Crippen LogP contribution in [0.2, 0.25) is 0 Å². The Hall–Kier alpha value is -3.35. The quantitative estimate of drug-likeness (QED) is 0.547. The van der Waals surface area contributed by atoms with Crippen LogP contribution in [-0.4, -0.2) is 29.8 Å². The minimum absolute atomic E-state index is 0.0193. The van der Waals surface area contributed by atoms with E-state index in [0.29, 0.717) is 23.5 Å². The highest BCUT2D eigenvalue weighted by Gasteiger charge is 2.15. The summed E-state index contributed by atoms with van der Waals surface area (Å²) >= 11 is 0. The average molecular weight is 381 g/mol. The van der Waals surface area contributed by atoms with Gasteiger partial charge in [0.2, 0.25) is 0 Å². The topological polar surface area (TPSA) is 86.5 Å². The van der Waals surface area contributed by atoms with Gasteiger partial charge in [-0.25, -0.2) is 0 Å². The third kappa shape index (κ3) is 4.88. The van der Waals surface area contributed by atoms with Gasteiger partial charge in [-0.3, -0.25) is 10.1 Å². The number of para-hydroxylation sites is 1. The Morgan fingerprint density at radius 3 is 2.61 bits per heavy atom. The zero-order valence-corrected chi connectivity index (χ0v) is 16.0. The smallest absolute Gasteiger partial charge is 0.322 e. The van der Waals surface area contributed by atoms with E-state index < -0.39 is 0 Å². The number of benzene rings is 2. The molecule has 0 saturated heterocycles. The predicted octanol–water partition coefficient (Wildman–Crippen LogP) is 4.57. The second kappa shape index (κ2) is 9.55. The molecule has 1 aromatic heterocycles. The predicted molar refractivity (Wildman–Crippen MR) is 106 cm³/mol. The molecule has 0 aliphatic carbocycles. The molecule has 28 heavy (non-hydrogen) atoms. The first-order chi connectivity index (χ1) is 13.7.